The van der Waals surface area contributed by atoms with E-state index in [0.717, 1.165) is 16.9 Å². The van der Waals surface area contributed by atoms with Crippen LogP contribution in [-0.4, -0.2) is 11.1 Å². The Morgan fingerprint density at radius 3 is 2.40 bits per heavy atom. The summed E-state index contributed by atoms with van der Waals surface area (Å²) in [6.07, 6.45) is 0. The summed E-state index contributed by atoms with van der Waals surface area (Å²) in [4.78, 5) is 11.0. The topological polar surface area (TPSA) is 49.3 Å². The van der Waals surface area contributed by atoms with Crippen molar-refractivity contribution in [2.75, 3.05) is 5.32 Å². The van der Waals surface area contributed by atoms with Crippen molar-refractivity contribution in [3.8, 4) is 0 Å². The fourth-order valence-corrected chi connectivity index (χ4v) is 2.12. The molecule has 2 rings (SSSR count). The number of aromatic carboxylic acids is 1. The molecule has 0 aliphatic carbocycles. The lowest BCUT2D eigenvalue weighted by molar-refractivity contribution is 0.0696. The van der Waals surface area contributed by atoms with E-state index in [9.17, 15) is 4.79 Å². The Morgan fingerprint density at radius 2 is 1.80 bits per heavy atom. The zero-order chi connectivity index (χ0) is 14.7. The van der Waals surface area contributed by atoms with Crippen molar-refractivity contribution in [1.82, 2.24) is 0 Å². The summed E-state index contributed by atoms with van der Waals surface area (Å²) in [7, 11) is 0. The Labute approximate surface area is 119 Å². The highest BCUT2D eigenvalue weighted by Gasteiger charge is 2.07. The monoisotopic (exact) mass is 269 g/mol. The zero-order valence-corrected chi connectivity index (χ0v) is 12.0. The number of carboxylic acid groups (broad SMARTS) is 1. The molecule has 2 aromatic rings. The van der Waals surface area contributed by atoms with Gasteiger partial charge in [0.25, 0.3) is 0 Å². The van der Waals surface area contributed by atoms with Gasteiger partial charge in [-0.25, -0.2) is 4.79 Å². The predicted molar refractivity (Wildman–Crippen MR) is 82.0 cm³/mol. The van der Waals surface area contributed by atoms with Gasteiger partial charge in [-0.05, 0) is 54.3 Å². The third-order valence-corrected chi connectivity index (χ3v) is 3.30. The Morgan fingerprint density at radius 1 is 1.10 bits per heavy atom. The molecule has 0 saturated carbocycles. The van der Waals surface area contributed by atoms with Crippen molar-refractivity contribution in [2.45, 2.75) is 26.7 Å². The highest BCUT2D eigenvalue weighted by molar-refractivity contribution is 5.90. The molecule has 0 aromatic heterocycles. The maximum atomic E-state index is 11.0. The van der Waals surface area contributed by atoms with Gasteiger partial charge in [0.05, 0.1) is 5.56 Å². The standard InChI is InChI=1S/C17H19NO2/c1-11(2)13-5-4-6-14(10-13)18-15-7-8-16(17(19)20)12(3)9-15/h4-11,18H,1-3H3,(H,19,20). The van der Waals surface area contributed by atoms with E-state index in [-0.39, 0.29) is 0 Å². The SMILES string of the molecule is Cc1cc(Nc2cccc(C(C)C)c2)ccc1C(=O)O. The molecular formula is C17H19NO2. The van der Waals surface area contributed by atoms with Gasteiger partial charge in [0, 0.05) is 11.4 Å². The number of hydrogen-bond acceptors (Lipinski definition) is 2. The Kier molecular flexibility index (Phi) is 4.08. The summed E-state index contributed by atoms with van der Waals surface area (Å²) in [5.41, 5.74) is 4.27. The van der Waals surface area contributed by atoms with Crippen LogP contribution < -0.4 is 5.32 Å². The van der Waals surface area contributed by atoms with E-state index in [1.807, 2.05) is 18.2 Å². The molecular weight excluding hydrogens is 250 g/mol. The zero-order valence-electron chi connectivity index (χ0n) is 12.0. The van der Waals surface area contributed by atoms with Gasteiger partial charge in [0.15, 0.2) is 0 Å². The van der Waals surface area contributed by atoms with Gasteiger partial charge in [0.2, 0.25) is 0 Å². The van der Waals surface area contributed by atoms with Crippen molar-refractivity contribution in [1.29, 1.82) is 0 Å². The number of benzene rings is 2. The fraction of sp³-hybridized carbons (Fsp3) is 0.235. The summed E-state index contributed by atoms with van der Waals surface area (Å²) in [5, 5.41) is 12.3. The molecule has 2 N–H and O–H groups in total. The fourth-order valence-electron chi connectivity index (χ4n) is 2.12. The maximum absolute atomic E-state index is 11.0. The Balaban J connectivity index is 2.24. The third kappa shape index (κ3) is 3.18. The molecule has 0 fully saturated rings. The van der Waals surface area contributed by atoms with Crippen LogP contribution in [0.2, 0.25) is 0 Å². The Hall–Kier alpha value is -2.29. The van der Waals surface area contributed by atoms with Crippen LogP contribution in [0.3, 0.4) is 0 Å². The van der Waals surface area contributed by atoms with E-state index in [1.165, 1.54) is 5.56 Å². The van der Waals surface area contributed by atoms with Crippen LogP contribution in [0.4, 0.5) is 11.4 Å². The molecule has 3 nitrogen and oxygen atoms in total. The van der Waals surface area contributed by atoms with Crippen molar-refractivity contribution in [3.05, 3.63) is 59.2 Å². The van der Waals surface area contributed by atoms with Crippen LogP contribution in [-0.2, 0) is 0 Å². The second-order valence-corrected chi connectivity index (χ2v) is 5.24. The van der Waals surface area contributed by atoms with Gasteiger partial charge >= 0.3 is 5.97 Å². The first kappa shape index (κ1) is 14.1. The second kappa shape index (κ2) is 5.78. The normalized spacial score (nSPS) is 10.6. The molecule has 0 bridgehead atoms. The summed E-state index contributed by atoms with van der Waals surface area (Å²) >= 11 is 0. The van der Waals surface area contributed by atoms with E-state index in [2.05, 4.69) is 31.3 Å². The van der Waals surface area contributed by atoms with Crippen LogP contribution in [0.15, 0.2) is 42.5 Å². The molecule has 0 atom stereocenters. The lowest BCUT2D eigenvalue weighted by atomic mass is 10.0. The van der Waals surface area contributed by atoms with Crippen LogP contribution in [0.25, 0.3) is 0 Å². The summed E-state index contributed by atoms with van der Waals surface area (Å²) in [6, 6.07) is 13.5. The van der Waals surface area contributed by atoms with Gasteiger partial charge in [-0.3, -0.25) is 0 Å². The highest BCUT2D eigenvalue weighted by atomic mass is 16.4. The molecule has 104 valence electrons. The smallest absolute Gasteiger partial charge is 0.335 e. The first-order valence-corrected chi connectivity index (χ1v) is 6.68. The van der Waals surface area contributed by atoms with Gasteiger partial charge in [-0.15, -0.1) is 0 Å². The van der Waals surface area contributed by atoms with E-state index >= 15 is 0 Å². The van der Waals surface area contributed by atoms with E-state index in [4.69, 9.17) is 5.11 Å². The van der Waals surface area contributed by atoms with Crippen LogP contribution in [0.1, 0.15) is 41.3 Å². The Bertz CT molecular complexity index is 633. The number of carbonyl (C=O) groups is 1. The van der Waals surface area contributed by atoms with Gasteiger partial charge in [-0.2, -0.15) is 0 Å². The van der Waals surface area contributed by atoms with Gasteiger partial charge in [0.1, 0.15) is 0 Å². The van der Waals surface area contributed by atoms with Gasteiger partial charge in [-0.1, -0.05) is 26.0 Å². The molecule has 20 heavy (non-hydrogen) atoms. The number of aryl methyl sites for hydroxylation is 1. The maximum Gasteiger partial charge on any atom is 0.335 e. The molecule has 0 saturated heterocycles. The quantitative estimate of drug-likeness (QED) is 0.855. The van der Waals surface area contributed by atoms with E-state index in [1.54, 1.807) is 19.1 Å². The lowest BCUT2D eigenvalue weighted by Gasteiger charge is -2.11. The number of anilines is 2. The molecule has 0 amide bonds. The number of carboxylic acids is 1. The first-order valence-electron chi connectivity index (χ1n) is 6.68. The van der Waals surface area contributed by atoms with E-state index in [0.29, 0.717) is 11.5 Å². The summed E-state index contributed by atoms with van der Waals surface area (Å²) in [6.45, 7) is 6.12. The molecule has 0 heterocycles. The summed E-state index contributed by atoms with van der Waals surface area (Å²) < 4.78 is 0. The highest BCUT2D eigenvalue weighted by Crippen LogP contribution is 2.23. The van der Waals surface area contributed by atoms with Crippen molar-refractivity contribution in [2.24, 2.45) is 0 Å². The molecule has 0 unspecified atom stereocenters. The number of rotatable bonds is 4. The summed E-state index contributed by atoms with van der Waals surface area (Å²) in [5.74, 6) is -0.413. The number of hydrogen-bond donors (Lipinski definition) is 2. The van der Waals surface area contributed by atoms with Gasteiger partial charge < -0.3 is 10.4 Å². The average molecular weight is 269 g/mol. The van der Waals surface area contributed by atoms with Crippen molar-refractivity contribution >= 4 is 17.3 Å². The van der Waals surface area contributed by atoms with E-state index < -0.39 is 5.97 Å². The minimum absolute atomic E-state index is 0.339. The first-order chi connectivity index (χ1) is 9.47. The van der Waals surface area contributed by atoms with Crippen LogP contribution in [0.5, 0.6) is 0 Å². The molecule has 3 heteroatoms. The van der Waals surface area contributed by atoms with Crippen LogP contribution in [0, 0.1) is 6.92 Å². The van der Waals surface area contributed by atoms with Crippen molar-refractivity contribution < 1.29 is 9.90 Å². The molecule has 0 aliphatic rings. The largest absolute Gasteiger partial charge is 0.478 e. The molecule has 0 aliphatic heterocycles. The third-order valence-electron chi connectivity index (χ3n) is 3.30. The predicted octanol–water partition coefficient (Wildman–Crippen LogP) is 4.56. The minimum Gasteiger partial charge on any atom is -0.478 e. The molecule has 0 radical (unpaired) electrons. The van der Waals surface area contributed by atoms with Crippen LogP contribution >= 0.6 is 0 Å². The minimum atomic E-state index is -0.893. The second-order valence-electron chi connectivity index (χ2n) is 5.24. The lowest BCUT2D eigenvalue weighted by Crippen LogP contribution is -2.00. The molecule has 2 aromatic carbocycles. The van der Waals surface area contributed by atoms with Crippen molar-refractivity contribution in [3.63, 3.8) is 0 Å². The molecule has 0 spiro atoms. The average Bonchev–Trinajstić information content (AvgIpc) is 2.38. The number of nitrogens with one attached hydrogen (secondary N) is 1.